The van der Waals surface area contributed by atoms with E-state index in [9.17, 15) is 19.5 Å². The van der Waals surface area contributed by atoms with Gasteiger partial charge in [-0.15, -0.1) is 0 Å². The lowest BCUT2D eigenvalue weighted by atomic mass is 9.89. The van der Waals surface area contributed by atoms with E-state index in [1.54, 1.807) is 47.5 Å². The third-order valence-corrected chi connectivity index (χ3v) is 12.8. The van der Waals surface area contributed by atoms with E-state index in [1.165, 1.54) is 6.07 Å². The molecule has 0 aliphatic carbocycles. The summed E-state index contributed by atoms with van der Waals surface area (Å²) in [6.45, 7) is 3.34. The molecule has 4 aliphatic heterocycles. The lowest BCUT2D eigenvalue weighted by molar-refractivity contribution is -0.120. The van der Waals surface area contributed by atoms with Crippen LogP contribution in [0.2, 0.25) is 0 Å². The zero-order chi connectivity index (χ0) is 43.0. The quantitative estimate of drug-likeness (QED) is 0.134. The van der Waals surface area contributed by atoms with Crippen molar-refractivity contribution in [3.8, 4) is 5.75 Å². The molecule has 16 heteroatoms. The number of anilines is 1. The number of allylic oxidation sites excluding steroid dienone is 1. The molecule has 4 aliphatic rings. The predicted octanol–water partition coefficient (Wildman–Crippen LogP) is 5.62. The number of nitrogens with zero attached hydrogens (tertiary/aromatic N) is 5. The minimum absolute atomic E-state index is 0.0514. The predicted molar refractivity (Wildman–Crippen MR) is 227 cm³/mol. The van der Waals surface area contributed by atoms with Gasteiger partial charge in [-0.05, 0) is 67.7 Å². The fourth-order valence-electron chi connectivity index (χ4n) is 9.44. The van der Waals surface area contributed by atoms with Crippen molar-refractivity contribution in [2.24, 2.45) is 17.2 Å². The average Bonchev–Trinajstić information content (AvgIpc) is 3.67. The molecule has 3 aromatic carbocycles. The number of hydrogen-bond donors (Lipinski definition) is 5. The van der Waals surface area contributed by atoms with Gasteiger partial charge in [0.15, 0.2) is 11.6 Å². The highest BCUT2D eigenvalue weighted by molar-refractivity contribution is 6.06. The molecule has 8 rings (SSSR count). The van der Waals surface area contributed by atoms with Crippen molar-refractivity contribution in [3.05, 3.63) is 113 Å². The van der Waals surface area contributed by atoms with Gasteiger partial charge in [0.1, 0.15) is 22.9 Å². The second kappa shape index (κ2) is 17.1. The number of amides is 4. The van der Waals surface area contributed by atoms with Gasteiger partial charge in [0, 0.05) is 118 Å². The Morgan fingerprint density at radius 1 is 0.902 bits per heavy atom. The Labute approximate surface area is 352 Å². The number of nitrogens with one attached hydrogen (secondary N) is 1. The Balaban J connectivity index is 0.832. The van der Waals surface area contributed by atoms with Crippen LogP contribution >= 0.6 is 0 Å². The molecule has 1 unspecified atom stereocenters. The Bertz CT molecular complexity index is 2380. The number of phenolic OH excluding ortho intramolecular Hbond substituents is 1. The number of benzene rings is 3. The van der Waals surface area contributed by atoms with Crippen LogP contribution in [0.1, 0.15) is 78.4 Å². The number of aromatic hydroxyl groups is 1. The molecule has 1 atom stereocenters. The number of halogens is 3. The Morgan fingerprint density at radius 3 is 2.31 bits per heavy atom. The van der Waals surface area contributed by atoms with Gasteiger partial charge in [-0.1, -0.05) is 24.3 Å². The number of imide groups is 1. The highest BCUT2D eigenvalue weighted by Crippen LogP contribution is 2.37. The number of urea groups is 1. The molecule has 4 aromatic rings. The van der Waals surface area contributed by atoms with Crippen LogP contribution in [0.25, 0.3) is 16.6 Å². The summed E-state index contributed by atoms with van der Waals surface area (Å²) in [6.07, 6.45) is 6.98. The minimum atomic E-state index is -1.45. The topological polar surface area (TPSA) is 179 Å². The van der Waals surface area contributed by atoms with Crippen molar-refractivity contribution in [2.75, 3.05) is 57.3 Å². The number of likely N-dealkylation sites (tertiary alicyclic amines) is 3. The first-order valence-corrected chi connectivity index (χ1v) is 20.9. The van der Waals surface area contributed by atoms with Gasteiger partial charge in [-0.3, -0.25) is 19.8 Å². The molecule has 322 valence electrons. The van der Waals surface area contributed by atoms with Crippen molar-refractivity contribution in [1.82, 2.24) is 24.6 Å². The maximum atomic E-state index is 16.3. The molecule has 1 aromatic heterocycles. The van der Waals surface area contributed by atoms with Crippen molar-refractivity contribution in [2.45, 2.75) is 62.6 Å². The van der Waals surface area contributed by atoms with E-state index >= 15 is 13.2 Å². The number of para-hydroxylation sites is 1. The van der Waals surface area contributed by atoms with Crippen LogP contribution in [0.15, 0.2) is 84.5 Å². The molecule has 0 spiro atoms. The highest BCUT2D eigenvalue weighted by atomic mass is 19.1. The van der Waals surface area contributed by atoms with Gasteiger partial charge in [-0.2, -0.15) is 0 Å². The van der Waals surface area contributed by atoms with Gasteiger partial charge < -0.3 is 41.6 Å². The lowest BCUT2D eigenvalue weighted by Gasteiger charge is -2.41. The van der Waals surface area contributed by atoms with Gasteiger partial charge in [0.25, 0.3) is 5.91 Å². The highest BCUT2D eigenvalue weighted by Gasteiger charge is 2.39. The zero-order valence-corrected chi connectivity index (χ0v) is 34.0. The molecule has 4 amide bonds. The summed E-state index contributed by atoms with van der Waals surface area (Å²) in [5.74, 6) is -2.00. The number of fused-ring (bicyclic) bond motifs is 1. The fraction of sp³-hybridized carbons (Fsp3) is 0.400. The number of phenols is 1. The molecule has 5 heterocycles. The maximum Gasteiger partial charge on any atom is 0.328 e. The molecule has 4 saturated heterocycles. The molecular weight excluding hydrogens is 788 g/mol. The third-order valence-electron chi connectivity index (χ3n) is 12.8. The minimum Gasteiger partial charge on any atom is -0.507 e. The number of aromatic nitrogens is 1. The van der Waals surface area contributed by atoms with Crippen LogP contribution < -0.4 is 27.4 Å². The van der Waals surface area contributed by atoms with Crippen molar-refractivity contribution in [3.63, 3.8) is 0 Å². The SMILES string of the molecule is NC(N)=C(/C=C(\N)c1ccccc1O)N1CCCC(c2ccc(C(=O)N3CCC(F)(CN4CCC(n5ccc6c(F)c(N7CCC(=O)NC7=O)c(F)cc65)CC4)CC3)cc2)C1. The number of rotatable bonds is 9. The number of carbonyl (C=O) groups excluding carboxylic acids is 3. The van der Waals surface area contributed by atoms with Crippen LogP contribution in [0.3, 0.4) is 0 Å². The second-order valence-corrected chi connectivity index (χ2v) is 16.7. The van der Waals surface area contributed by atoms with Crippen molar-refractivity contribution < 1.29 is 32.7 Å². The van der Waals surface area contributed by atoms with Gasteiger partial charge in [0.05, 0.1) is 11.2 Å². The summed E-state index contributed by atoms with van der Waals surface area (Å²) in [7, 11) is 0. The van der Waals surface area contributed by atoms with E-state index in [-0.39, 0.29) is 67.2 Å². The summed E-state index contributed by atoms with van der Waals surface area (Å²) < 4.78 is 49.2. The fourth-order valence-corrected chi connectivity index (χ4v) is 9.44. The summed E-state index contributed by atoms with van der Waals surface area (Å²) in [5.41, 5.74) is 20.1. The zero-order valence-electron chi connectivity index (χ0n) is 34.0. The summed E-state index contributed by atoms with van der Waals surface area (Å²) in [4.78, 5) is 44.3. The van der Waals surface area contributed by atoms with Crippen LogP contribution in [-0.2, 0) is 4.79 Å². The van der Waals surface area contributed by atoms with E-state index in [1.807, 2.05) is 28.8 Å². The summed E-state index contributed by atoms with van der Waals surface area (Å²) in [6, 6.07) is 16.4. The third kappa shape index (κ3) is 8.58. The summed E-state index contributed by atoms with van der Waals surface area (Å²) in [5, 5.41) is 12.6. The molecule has 0 radical (unpaired) electrons. The van der Waals surface area contributed by atoms with E-state index in [0.717, 1.165) is 29.8 Å². The lowest BCUT2D eigenvalue weighted by Crippen LogP contribution is -2.51. The molecule has 13 nitrogen and oxygen atoms in total. The Hall–Kier alpha value is -6.16. The second-order valence-electron chi connectivity index (χ2n) is 16.7. The Morgan fingerprint density at radius 2 is 1.62 bits per heavy atom. The van der Waals surface area contributed by atoms with E-state index in [2.05, 4.69) is 15.1 Å². The average molecular weight is 840 g/mol. The van der Waals surface area contributed by atoms with Crippen LogP contribution in [0.4, 0.5) is 23.7 Å². The number of piperidine rings is 3. The maximum absolute atomic E-state index is 16.3. The number of alkyl halides is 1. The first-order chi connectivity index (χ1) is 29.3. The summed E-state index contributed by atoms with van der Waals surface area (Å²) >= 11 is 0. The smallest absolute Gasteiger partial charge is 0.328 e. The van der Waals surface area contributed by atoms with Crippen LogP contribution in [-0.4, -0.2) is 100 Å². The molecule has 4 fully saturated rings. The van der Waals surface area contributed by atoms with Crippen LogP contribution in [0.5, 0.6) is 5.75 Å². The molecule has 61 heavy (non-hydrogen) atoms. The van der Waals surface area contributed by atoms with Crippen molar-refractivity contribution in [1.29, 1.82) is 0 Å². The van der Waals surface area contributed by atoms with Crippen molar-refractivity contribution >= 4 is 40.1 Å². The molecular formula is C45H52F3N9O4. The van der Waals surface area contributed by atoms with E-state index in [4.69, 9.17) is 17.2 Å². The molecule has 0 saturated carbocycles. The molecule has 0 bridgehead atoms. The van der Waals surface area contributed by atoms with Gasteiger partial charge in [-0.25, -0.2) is 18.0 Å². The Kier molecular flexibility index (Phi) is 11.6. The van der Waals surface area contributed by atoms with E-state index in [0.29, 0.717) is 73.6 Å². The monoisotopic (exact) mass is 839 g/mol. The first kappa shape index (κ1) is 41.6. The number of nitrogens with two attached hydrogens (primary N) is 3. The van der Waals surface area contributed by atoms with Gasteiger partial charge in [0.2, 0.25) is 5.91 Å². The number of carbonyl (C=O) groups is 3. The van der Waals surface area contributed by atoms with E-state index < -0.39 is 34.9 Å². The molecule has 8 N–H and O–H groups in total. The number of hydrogen-bond acceptors (Lipinski definition) is 9. The largest absolute Gasteiger partial charge is 0.507 e. The van der Waals surface area contributed by atoms with Crippen LogP contribution in [0, 0.1) is 11.6 Å². The standard InChI is InChI=1S/C45H52F3N9O4/c46-34-24-36-33(40(47)41(34)57-21-14-39(59)52-44(57)61)13-20-56(36)31-11-18-53(19-12-31)27-45(48)15-22-54(23-16-45)43(60)29-9-7-28(8-10-29)30-4-3-17-55(26-30)37(42(50)51)25-35(49)32-5-1-2-6-38(32)58/h1-2,5-10,13,20,24-25,30-31,58H,3-4,11-12,14-19,21-23,26-27,49-51H2,(H,52,59,61)/b35-25-. The first-order valence-electron chi connectivity index (χ1n) is 20.9. The normalized spacial score (nSPS) is 20.5. The van der Waals surface area contributed by atoms with Gasteiger partial charge >= 0.3 is 6.03 Å².